The van der Waals surface area contributed by atoms with E-state index in [-0.39, 0.29) is 12.6 Å². The van der Waals surface area contributed by atoms with Crippen molar-refractivity contribution < 1.29 is 5.11 Å². The summed E-state index contributed by atoms with van der Waals surface area (Å²) in [5.41, 5.74) is 1.19. The Labute approximate surface area is 133 Å². The number of nitrogens with zero attached hydrogens (tertiary/aromatic N) is 2. The molecular weight excluding hydrogens is 330 g/mol. The lowest BCUT2D eigenvalue weighted by atomic mass is 10.1. The van der Waals surface area contributed by atoms with Gasteiger partial charge in [-0.05, 0) is 34.3 Å². The number of hydrogen-bond donors (Lipinski definition) is 2. The maximum Gasteiger partial charge on any atom is 0.132 e. The molecule has 112 valence electrons. The third kappa shape index (κ3) is 5.10. The molecule has 1 aromatic carbocycles. The predicted octanol–water partition coefficient (Wildman–Crippen LogP) is 3.21. The summed E-state index contributed by atoms with van der Waals surface area (Å²) in [7, 11) is 0. The van der Waals surface area contributed by atoms with E-state index < -0.39 is 0 Å². The standard InChI is InChI=1S/C16H20BrN3O/c1-2-6-15-19-14(17)10-16(20-15)18-13(11-21)9-12-7-4-3-5-8-12/h3-5,7-8,10,13,21H,2,6,9,11H2,1H3,(H,18,19,20). The van der Waals surface area contributed by atoms with E-state index in [9.17, 15) is 5.11 Å². The molecule has 4 nitrogen and oxygen atoms in total. The van der Waals surface area contributed by atoms with Crippen molar-refractivity contribution in [1.29, 1.82) is 0 Å². The topological polar surface area (TPSA) is 58.0 Å². The number of anilines is 1. The molecule has 21 heavy (non-hydrogen) atoms. The van der Waals surface area contributed by atoms with E-state index in [0.29, 0.717) is 0 Å². The second-order valence-electron chi connectivity index (χ2n) is 4.96. The number of rotatable bonds is 7. The van der Waals surface area contributed by atoms with Crippen LogP contribution in [-0.4, -0.2) is 27.7 Å². The van der Waals surface area contributed by atoms with Crippen LogP contribution < -0.4 is 5.32 Å². The second kappa shape index (κ2) is 8.10. The Morgan fingerprint density at radius 2 is 2.00 bits per heavy atom. The summed E-state index contributed by atoms with van der Waals surface area (Å²) >= 11 is 3.41. The summed E-state index contributed by atoms with van der Waals surface area (Å²) in [6, 6.07) is 11.9. The van der Waals surface area contributed by atoms with Gasteiger partial charge in [-0.1, -0.05) is 37.3 Å². The summed E-state index contributed by atoms with van der Waals surface area (Å²) < 4.78 is 0.764. The Bertz CT molecular complexity index is 563. The van der Waals surface area contributed by atoms with E-state index in [2.05, 4.69) is 50.3 Å². The van der Waals surface area contributed by atoms with Gasteiger partial charge in [0, 0.05) is 12.5 Å². The van der Waals surface area contributed by atoms with Gasteiger partial charge >= 0.3 is 0 Å². The van der Waals surface area contributed by atoms with Gasteiger partial charge in [-0.2, -0.15) is 0 Å². The number of aromatic nitrogens is 2. The molecular formula is C16H20BrN3O. The third-order valence-corrected chi connectivity index (χ3v) is 3.52. The van der Waals surface area contributed by atoms with E-state index >= 15 is 0 Å². The number of hydrogen-bond acceptors (Lipinski definition) is 4. The first-order valence-corrected chi connectivity index (χ1v) is 7.95. The lowest BCUT2D eigenvalue weighted by Gasteiger charge is -2.17. The number of aliphatic hydroxyl groups excluding tert-OH is 1. The van der Waals surface area contributed by atoms with Gasteiger partial charge in [0.2, 0.25) is 0 Å². The minimum absolute atomic E-state index is 0.0552. The van der Waals surface area contributed by atoms with Crippen molar-refractivity contribution in [3.05, 3.63) is 52.4 Å². The van der Waals surface area contributed by atoms with E-state index in [1.165, 1.54) is 5.56 Å². The van der Waals surface area contributed by atoms with Crippen LogP contribution in [0.25, 0.3) is 0 Å². The van der Waals surface area contributed by atoms with Gasteiger partial charge in [0.15, 0.2) is 0 Å². The molecule has 2 N–H and O–H groups in total. The quantitative estimate of drug-likeness (QED) is 0.753. The number of aliphatic hydroxyl groups is 1. The van der Waals surface area contributed by atoms with Crippen LogP contribution in [0.2, 0.25) is 0 Å². The van der Waals surface area contributed by atoms with E-state index in [1.54, 1.807) is 0 Å². The molecule has 0 fully saturated rings. The number of halogens is 1. The van der Waals surface area contributed by atoms with Crippen molar-refractivity contribution in [1.82, 2.24) is 9.97 Å². The molecule has 0 aliphatic carbocycles. The number of aryl methyl sites for hydroxylation is 1. The molecule has 0 bridgehead atoms. The summed E-state index contributed by atoms with van der Waals surface area (Å²) in [6.07, 6.45) is 2.60. The van der Waals surface area contributed by atoms with Gasteiger partial charge in [-0.25, -0.2) is 9.97 Å². The van der Waals surface area contributed by atoms with Crippen molar-refractivity contribution in [2.75, 3.05) is 11.9 Å². The SMILES string of the molecule is CCCc1nc(Br)cc(NC(CO)Cc2ccccc2)n1. The van der Waals surface area contributed by atoms with Gasteiger partial charge in [0.05, 0.1) is 12.6 Å². The minimum Gasteiger partial charge on any atom is -0.394 e. The van der Waals surface area contributed by atoms with Crippen LogP contribution >= 0.6 is 15.9 Å². The fraction of sp³-hybridized carbons (Fsp3) is 0.375. The molecule has 2 rings (SSSR count). The van der Waals surface area contributed by atoms with Crippen LogP contribution in [-0.2, 0) is 12.8 Å². The van der Waals surface area contributed by atoms with Gasteiger partial charge in [0.25, 0.3) is 0 Å². The normalized spacial score (nSPS) is 12.1. The average Bonchev–Trinajstić information content (AvgIpc) is 2.47. The lowest BCUT2D eigenvalue weighted by molar-refractivity contribution is 0.273. The smallest absolute Gasteiger partial charge is 0.132 e. The molecule has 1 atom stereocenters. The largest absolute Gasteiger partial charge is 0.394 e. The summed E-state index contributed by atoms with van der Waals surface area (Å²) in [6.45, 7) is 2.16. The molecule has 0 saturated carbocycles. The van der Waals surface area contributed by atoms with Crippen LogP contribution in [0.15, 0.2) is 41.0 Å². The van der Waals surface area contributed by atoms with Crippen molar-refractivity contribution in [3.63, 3.8) is 0 Å². The zero-order valence-electron chi connectivity index (χ0n) is 12.1. The Morgan fingerprint density at radius 1 is 1.24 bits per heavy atom. The highest BCUT2D eigenvalue weighted by molar-refractivity contribution is 9.10. The Kier molecular flexibility index (Phi) is 6.14. The Hall–Kier alpha value is -1.46. The molecule has 0 aliphatic heterocycles. The second-order valence-corrected chi connectivity index (χ2v) is 5.77. The van der Waals surface area contributed by atoms with Crippen LogP contribution in [0, 0.1) is 0 Å². The first-order valence-electron chi connectivity index (χ1n) is 7.16. The van der Waals surface area contributed by atoms with E-state index in [1.807, 2.05) is 24.3 Å². The zero-order chi connectivity index (χ0) is 15.1. The van der Waals surface area contributed by atoms with Gasteiger partial charge < -0.3 is 10.4 Å². The molecule has 2 aromatic rings. The molecule has 0 amide bonds. The summed E-state index contributed by atoms with van der Waals surface area (Å²) in [4.78, 5) is 8.83. The average molecular weight is 350 g/mol. The van der Waals surface area contributed by atoms with Crippen molar-refractivity contribution in [2.24, 2.45) is 0 Å². The minimum atomic E-state index is -0.0660. The molecule has 0 spiro atoms. The molecule has 1 unspecified atom stereocenters. The molecule has 0 saturated heterocycles. The zero-order valence-corrected chi connectivity index (χ0v) is 13.7. The Morgan fingerprint density at radius 3 is 2.67 bits per heavy atom. The molecule has 5 heteroatoms. The van der Waals surface area contributed by atoms with Gasteiger partial charge in [0.1, 0.15) is 16.2 Å². The molecule has 0 radical (unpaired) electrons. The van der Waals surface area contributed by atoms with E-state index in [4.69, 9.17) is 0 Å². The number of benzene rings is 1. The maximum absolute atomic E-state index is 9.57. The number of nitrogens with one attached hydrogen (secondary N) is 1. The van der Waals surface area contributed by atoms with Gasteiger partial charge in [-0.15, -0.1) is 0 Å². The van der Waals surface area contributed by atoms with Crippen molar-refractivity contribution in [3.8, 4) is 0 Å². The predicted molar refractivity (Wildman–Crippen MR) is 88.4 cm³/mol. The lowest BCUT2D eigenvalue weighted by Crippen LogP contribution is -2.27. The van der Waals surface area contributed by atoms with Crippen LogP contribution in [0.3, 0.4) is 0 Å². The summed E-state index contributed by atoms with van der Waals surface area (Å²) in [5, 5.41) is 12.9. The van der Waals surface area contributed by atoms with Crippen LogP contribution in [0.4, 0.5) is 5.82 Å². The Balaban J connectivity index is 2.07. The van der Waals surface area contributed by atoms with Gasteiger partial charge in [-0.3, -0.25) is 0 Å². The fourth-order valence-electron chi connectivity index (χ4n) is 2.14. The molecule has 0 aliphatic rings. The first kappa shape index (κ1) is 15.9. The van der Waals surface area contributed by atoms with Crippen LogP contribution in [0.5, 0.6) is 0 Å². The van der Waals surface area contributed by atoms with Crippen molar-refractivity contribution in [2.45, 2.75) is 32.2 Å². The third-order valence-electron chi connectivity index (χ3n) is 3.11. The highest BCUT2D eigenvalue weighted by atomic mass is 79.9. The maximum atomic E-state index is 9.57. The highest BCUT2D eigenvalue weighted by Crippen LogP contribution is 2.15. The highest BCUT2D eigenvalue weighted by Gasteiger charge is 2.10. The van der Waals surface area contributed by atoms with Crippen molar-refractivity contribution >= 4 is 21.7 Å². The first-order chi connectivity index (χ1) is 10.2. The van der Waals surface area contributed by atoms with Crippen LogP contribution in [0.1, 0.15) is 24.7 Å². The monoisotopic (exact) mass is 349 g/mol. The molecule has 1 heterocycles. The fourth-order valence-corrected chi connectivity index (χ4v) is 2.56. The summed E-state index contributed by atoms with van der Waals surface area (Å²) in [5.74, 6) is 1.56. The molecule has 1 aromatic heterocycles. The van der Waals surface area contributed by atoms with E-state index in [0.717, 1.165) is 35.5 Å².